The first-order valence-corrected chi connectivity index (χ1v) is 15.4. The molecule has 0 saturated heterocycles. The molecule has 3 heteroatoms. The van der Waals surface area contributed by atoms with E-state index in [1.807, 2.05) is 36.5 Å². The Labute approximate surface area is 264 Å². The molecule has 2 aromatic heterocycles. The van der Waals surface area contributed by atoms with Crippen LogP contribution in [0.3, 0.4) is 0 Å². The molecule has 0 aliphatic heterocycles. The summed E-state index contributed by atoms with van der Waals surface area (Å²) in [6, 6.07) is 51.0. The van der Waals surface area contributed by atoms with E-state index >= 15 is 0 Å². The van der Waals surface area contributed by atoms with E-state index in [-0.39, 0.29) is 5.41 Å². The average molecular weight is 578 g/mol. The van der Waals surface area contributed by atoms with Crippen molar-refractivity contribution in [2.75, 3.05) is 0 Å². The van der Waals surface area contributed by atoms with Crippen LogP contribution in [0.1, 0.15) is 25.0 Å². The molecule has 1 aliphatic carbocycles. The Morgan fingerprint density at radius 1 is 0.422 bits per heavy atom. The summed E-state index contributed by atoms with van der Waals surface area (Å²) in [5, 5.41) is 0. The third kappa shape index (κ3) is 4.74. The van der Waals surface area contributed by atoms with Gasteiger partial charge in [0, 0.05) is 28.3 Å². The van der Waals surface area contributed by atoms with Crippen LogP contribution in [0.5, 0.6) is 0 Å². The van der Waals surface area contributed by atoms with Crippen molar-refractivity contribution in [2.45, 2.75) is 19.3 Å². The first kappa shape index (κ1) is 26.9. The second-order valence-corrected chi connectivity index (χ2v) is 12.1. The minimum absolute atomic E-state index is 0.0373. The SMILES string of the molecule is CC1(C)c2ccccc2-c2cc(-c3cccnc3-c3cc(-c4ccccc4)nc(-c4ccc(-c5ccccc5)cc4)n3)ccc21. The molecule has 0 fully saturated rings. The van der Waals surface area contributed by atoms with Crippen LogP contribution < -0.4 is 0 Å². The van der Waals surface area contributed by atoms with Crippen LogP contribution in [0.25, 0.3) is 67.4 Å². The number of benzene rings is 5. The van der Waals surface area contributed by atoms with Gasteiger partial charge in [0.05, 0.1) is 17.1 Å². The molecule has 0 saturated carbocycles. The summed E-state index contributed by atoms with van der Waals surface area (Å²) in [6.07, 6.45) is 1.85. The van der Waals surface area contributed by atoms with Gasteiger partial charge in [-0.25, -0.2) is 9.97 Å². The summed E-state index contributed by atoms with van der Waals surface area (Å²) in [5.41, 5.74) is 14.3. The molecular formula is C42H31N3. The lowest BCUT2D eigenvalue weighted by Gasteiger charge is -2.21. The lowest BCUT2D eigenvalue weighted by atomic mass is 9.82. The lowest BCUT2D eigenvalue weighted by Crippen LogP contribution is -2.14. The van der Waals surface area contributed by atoms with E-state index in [1.54, 1.807) is 0 Å². The molecule has 0 atom stereocenters. The van der Waals surface area contributed by atoms with Gasteiger partial charge >= 0.3 is 0 Å². The normalized spacial score (nSPS) is 12.8. The van der Waals surface area contributed by atoms with Crippen LogP contribution in [-0.2, 0) is 5.41 Å². The maximum atomic E-state index is 5.15. The number of nitrogens with zero attached hydrogens (tertiary/aromatic N) is 3. The fourth-order valence-corrected chi connectivity index (χ4v) is 6.63. The molecule has 2 heterocycles. The van der Waals surface area contributed by atoms with Crippen molar-refractivity contribution in [3.05, 3.63) is 163 Å². The third-order valence-electron chi connectivity index (χ3n) is 8.99. The minimum Gasteiger partial charge on any atom is -0.254 e. The maximum absolute atomic E-state index is 5.15. The highest BCUT2D eigenvalue weighted by Gasteiger charge is 2.35. The standard InChI is InChI=1S/C42H31N3/c1-42(2)36-18-10-9-16-34(36)35-26-32(23-24-37(35)42)33-17-11-25-43-40(33)39-27-38(30-14-7-4-8-15-30)44-41(45-39)31-21-19-29(20-22-31)28-12-5-3-6-13-28/h3-27H,1-2H3. The molecule has 0 amide bonds. The Morgan fingerprint density at radius 2 is 1.00 bits per heavy atom. The Morgan fingerprint density at radius 3 is 1.78 bits per heavy atom. The molecule has 8 rings (SSSR count). The van der Waals surface area contributed by atoms with Crippen molar-refractivity contribution in [3.63, 3.8) is 0 Å². The summed E-state index contributed by atoms with van der Waals surface area (Å²) in [6.45, 7) is 4.62. The fourth-order valence-electron chi connectivity index (χ4n) is 6.63. The summed E-state index contributed by atoms with van der Waals surface area (Å²) in [7, 11) is 0. The van der Waals surface area contributed by atoms with Gasteiger partial charge in [0.25, 0.3) is 0 Å². The van der Waals surface area contributed by atoms with E-state index in [2.05, 4.69) is 129 Å². The number of hydrogen-bond acceptors (Lipinski definition) is 3. The Balaban J connectivity index is 1.27. The zero-order chi connectivity index (χ0) is 30.4. The molecular weight excluding hydrogens is 546 g/mol. The van der Waals surface area contributed by atoms with Gasteiger partial charge < -0.3 is 0 Å². The van der Waals surface area contributed by atoms with Gasteiger partial charge in [-0.15, -0.1) is 0 Å². The number of hydrogen-bond donors (Lipinski definition) is 0. The predicted octanol–water partition coefficient (Wildman–Crippen LogP) is 10.5. The Hall–Kier alpha value is -5.67. The Kier molecular flexibility index (Phi) is 6.46. The van der Waals surface area contributed by atoms with Crippen molar-refractivity contribution in [3.8, 4) is 67.4 Å². The number of rotatable bonds is 5. The molecule has 3 nitrogen and oxygen atoms in total. The molecule has 7 aromatic rings. The van der Waals surface area contributed by atoms with E-state index < -0.39 is 0 Å². The zero-order valence-corrected chi connectivity index (χ0v) is 25.3. The molecule has 0 radical (unpaired) electrons. The van der Waals surface area contributed by atoms with Gasteiger partial charge in [-0.1, -0.05) is 141 Å². The van der Waals surface area contributed by atoms with Gasteiger partial charge in [0.2, 0.25) is 0 Å². The van der Waals surface area contributed by atoms with Crippen molar-refractivity contribution >= 4 is 0 Å². The maximum Gasteiger partial charge on any atom is 0.160 e. The van der Waals surface area contributed by atoms with Crippen molar-refractivity contribution in [2.24, 2.45) is 0 Å². The van der Waals surface area contributed by atoms with Crippen LogP contribution >= 0.6 is 0 Å². The highest BCUT2D eigenvalue weighted by molar-refractivity contribution is 5.88. The van der Waals surface area contributed by atoms with E-state index in [1.165, 1.54) is 27.8 Å². The predicted molar refractivity (Wildman–Crippen MR) is 185 cm³/mol. The number of fused-ring (bicyclic) bond motifs is 3. The first-order chi connectivity index (χ1) is 22.1. The van der Waals surface area contributed by atoms with Gasteiger partial charge in [-0.3, -0.25) is 4.98 Å². The molecule has 1 aliphatic rings. The second-order valence-electron chi connectivity index (χ2n) is 12.1. The molecule has 5 aromatic carbocycles. The summed E-state index contributed by atoms with van der Waals surface area (Å²) >= 11 is 0. The summed E-state index contributed by atoms with van der Waals surface area (Å²) in [5.74, 6) is 0.673. The monoisotopic (exact) mass is 577 g/mol. The molecule has 0 bridgehead atoms. The summed E-state index contributed by atoms with van der Waals surface area (Å²) < 4.78 is 0. The van der Waals surface area contributed by atoms with Gasteiger partial charge in [-0.05, 0) is 57.1 Å². The highest BCUT2D eigenvalue weighted by atomic mass is 14.9. The average Bonchev–Trinajstić information content (AvgIpc) is 3.34. The largest absolute Gasteiger partial charge is 0.254 e. The highest BCUT2D eigenvalue weighted by Crippen LogP contribution is 2.49. The van der Waals surface area contributed by atoms with Gasteiger partial charge in [-0.2, -0.15) is 0 Å². The van der Waals surface area contributed by atoms with Crippen LogP contribution in [0.2, 0.25) is 0 Å². The van der Waals surface area contributed by atoms with Crippen molar-refractivity contribution in [1.29, 1.82) is 0 Å². The molecule has 45 heavy (non-hydrogen) atoms. The van der Waals surface area contributed by atoms with E-state index in [0.717, 1.165) is 44.9 Å². The van der Waals surface area contributed by atoms with Crippen LogP contribution in [0.15, 0.2) is 152 Å². The van der Waals surface area contributed by atoms with Gasteiger partial charge in [0.1, 0.15) is 0 Å². The topological polar surface area (TPSA) is 38.7 Å². The van der Waals surface area contributed by atoms with Gasteiger partial charge in [0.15, 0.2) is 5.82 Å². The van der Waals surface area contributed by atoms with E-state index in [9.17, 15) is 0 Å². The van der Waals surface area contributed by atoms with E-state index in [0.29, 0.717) is 5.82 Å². The number of pyridine rings is 1. The zero-order valence-electron chi connectivity index (χ0n) is 25.3. The van der Waals surface area contributed by atoms with Crippen molar-refractivity contribution < 1.29 is 0 Å². The third-order valence-corrected chi connectivity index (χ3v) is 8.99. The minimum atomic E-state index is -0.0373. The second kappa shape index (κ2) is 10.8. The van der Waals surface area contributed by atoms with Crippen molar-refractivity contribution in [1.82, 2.24) is 15.0 Å². The molecule has 0 N–H and O–H groups in total. The smallest absolute Gasteiger partial charge is 0.160 e. The number of aromatic nitrogens is 3. The fraction of sp³-hybridized carbons (Fsp3) is 0.0714. The first-order valence-electron chi connectivity index (χ1n) is 15.4. The van der Waals surface area contributed by atoms with Crippen LogP contribution in [0.4, 0.5) is 0 Å². The van der Waals surface area contributed by atoms with Crippen LogP contribution in [0, 0.1) is 0 Å². The molecule has 214 valence electrons. The van der Waals surface area contributed by atoms with Crippen LogP contribution in [-0.4, -0.2) is 15.0 Å². The lowest BCUT2D eigenvalue weighted by molar-refractivity contribution is 0.660. The Bertz CT molecular complexity index is 2170. The quantitative estimate of drug-likeness (QED) is 0.204. The molecule has 0 spiro atoms. The molecule has 0 unspecified atom stereocenters. The summed E-state index contributed by atoms with van der Waals surface area (Å²) in [4.78, 5) is 15.1. The van der Waals surface area contributed by atoms with E-state index in [4.69, 9.17) is 15.0 Å².